The van der Waals surface area contributed by atoms with E-state index in [1.807, 2.05) is 0 Å². The molecule has 0 fully saturated rings. The Morgan fingerprint density at radius 2 is 1.91 bits per heavy atom. The highest BCUT2D eigenvalue weighted by Crippen LogP contribution is 2.40. The summed E-state index contributed by atoms with van der Waals surface area (Å²) < 4.78 is 10.9. The quantitative estimate of drug-likeness (QED) is 0.476. The number of carbonyl (C=O) groups is 3. The van der Waals surface area contributed by atoms with E-state index in [2.05, 4.69) is 22.2 Å². The largest absolute Gasteiger partial charge is 0.462 e. The van der Waals surface area contributed by atoms with Crippen molar-refractivity contribution in [1.29, 1.82) is 0 Å². The first-order valence-electron chi connectivity index (χ1n) is 11.5. The summed E-state index contributed by atoms with van der Waals surface area (Å²) in [4.78, 5) is 48.3. The summed E-state index contributed by atoms with van der Waals surface area (Å²) in [7, 11) is 0. The van der Waals surface area contributed by atoms with Gasteiger partial charge in [-0.25, -0.2) is 14.6 Å². The molecule has 0 radical (unpaired) electrons. The van der Waals surface area contributed by atoms with Crippen molar-refractivity contribution in [2.45, 2.75) is 46.1 Å². The number of thiophene rings is 1. The highest BCUT2D eigenvalue weighted by Gasteiger charge is 2.32. The molecule has 35 heavy (non-hydrogen) atoms. The topological polar surface area (TPSA) is 107 Å². The summed E-state index contributed by atoms with van der Waals surface area (Å²) in [5, 5.41) is 3.27. The Labute approximate surface area is 207 Å². The first kappa shape index (κ1) is 24.5. The van der Waals surface area contributed by atoms with Gasteiger partial charge in [0.05, 0.1) is 24.1 Å². The van der Waals surface area contributed by atoms with Gasteiger partial charge < -0.3 is 14.8 Å². The molecule has 182 valence electrons. The van der Waals surface area contributed by atoms with E-state index in [4.69, 9.17) is 9.47 Å². The van der Waals surface area contributed by atoms with Crippen LogP contribution in [0, 0.1) is 12.8 Å². The lowest BCUT2D eigenvalue weighted by atomic mass is 9.88. The molecule has 0 bridgehead atoms. The number of fused-ring (bicyclic) bond motifs is 1. The fourth-order valence-electron chi connectivity index (χ4n) is 4.00. The van der Waals surface area contributed by atoms with Gasteiger partial charge in [-0.05, 0) is 44.6 Å². The summed E-state index contributed by atoms with van der Waals surface area (Å²) in [5.74, 6) is -1.31. The molecule has 1 amide bonds. The van der Waals surface area contributed by atoms with Crippen molar-refractivity contribution < 1.29 is 23.9 Å². The van der Waals surface area contributed by atoms with Crippen LogP contribution < -0.4 is 5.32 Å². The van der Waals surface area contributed by atoms with E-state index < -0.39 is 23.9 Å². The molecule has 0 saturated heterocycles. The number of amides is 1. The molecule has 1 aromatic carbocycles. The monoisotopic (exact) mass is 493 g/mol. The van der Waals surface area contributed by atoms with E-state index in [-0.39, 0.29) is 12.3 Å². The van der Waals surface area contributed by atoms with Crippen LogP contribution in [0.3, 0.4) is 0 Å². The van der Waals surface area contributed by atoms with Crippen LogP contribution in [-0.4, -0.2) is 34.4 Å². The molecule has 0 saturated carbocycles. The Hall–Kier alpha value is -3.59. The van der Waals surface area contributed by atoms with Crippen molar-refractivity contribution in [1.82, 2.24) is 9.97 Å². The van der Waals surface area contributed by atoms with Gasteiger partial charge in [0.25, 0.3) is 5.91 Å². The van der Waals surface area contributed by atoms with Crippen molar-refractivity contribution in [3.63, 3.8) is 0 Å². The average Bonchev–Trinajstić information content (AvgIpc) is 3.20. The van der Waals surface area contributed by atoms with Crippen molar-refractivity contribution in [2.75, 3.05) is 11.9 Å². The molecule has 2 heterocycles. The number of benzene rings is 1. The second kappa shape index (κ2) is 10.8. The Morgan fingerprint density at radius 1 is 1.14 bits per heavy atom. The van der Waals surface area contributed by atoms with E-state index >= 15 is 0 Å². The lowest BCUT2D eigenvalue weighted by Gasteiger charge is -2.19. The number of esters is 2. The summed E-state index contributed by atoms with van der Waals surface area (Å²) in [6, 6.07) is 8.71. The molecule has 1 aliphatic carbocycles. The number of anilines is 1. The van der Waals surface area contributed by atoms with Gasteiger partial charge in [-0.2, -0.15) is 0 Å². The molecule has 0 aliphatic heterocycles. The summed E-state index contributed by atoms with van der Waals surface area (Å²) in [6.45, 7) is 5.90. The van der Waals surface area contributed by atoms with E-state index in [0.717, 1.165) is 29.7 Å². The van der Waals surface area contributed by atoms with E-state index in [1.54, 1.807) is 44.2 Å². The van der Waals surface area contributed by atoms with E-state index in [0.29, 0.717) is 27.7 Å². The Kier molecular flexibility index (Phi) is 7.55. The van der Waals surface area contributed by atoms with Gasteiger partial charge in [0.1, 0.15) is 5.00 Å². The second-order valence-electron chi connectivity index (χ2n) is 8.50. The fourth-order valence-corrected chi connectivity index (χ4v) is 5.40. The number of aromatic nitrogens is 2. The zero-order valence-electron chi connectivity index (χ0n) is 19.9. The average molecular weight is 494 g/mol. The normalized spacial score (nSPS) is 15.6. The number of nitrogens with one attached hydrogen (secondary N) is 1. The summed E-state index contributed by atoms with van der Waals surface area (Å²) in [6.07, 6.45) is 4.07. The standard InChI is InChI=1S/C26H27N3O5S/c1-4-33-26(32)21-18-11-10-15(2)12-20(18)35-24(21)29-23(30)22(17-8-6-5-7-9-17)34-25(31)19-14-27-16(3)13-28-19/h5-9,13-15,22H,4,10-12H2,1-3H3,(H,29,30). The minimum Gasteiger partial charge on any atom is -0.462 e. The number of aryl methyl sites for hydroxylation is 1. The first-order chi connectivity index (χ1) is 16.9. The van der Waals surface area contributed by atoms with Crippen molar-refractivity contribution >= 4 is 34.2 Å². The maximum Gasteiger partial charge on any atom is 0.359 e. The van der Waals surface area contributed by atoms with Gasteiger partial charge in [-0.15, -0.1) is 11.3 Å². The number of carbonyl (C=O) groups excluding carboxylic acids is 3. The highest BCUT2D eigenvalue weighted by molar-refractivity contribution is 7.17. The van der Waals surface area contributed by atoms with E-state index in [9.17, 15) is 14.4 Å². The number of hydrogen-bond acceptors (Lipinski definition) is 8. The predicted octanol–water partition coefficient (Wildman–Crippen LogP) is 4.68. The fraction of sp³-hybridized carbons (Fsp3) is 0.346. The number of nitrogens with zero attached hydrogens (tertiary/aromatic N) is 2. The van der Waals surface area contributed by atoms with Gasteiger partial charge in [0, 0.05) is 16.6 Å². The molecule has 1 N–H and O–H groups in total. The number of hydrogen-bond donors (Lipinski definition) is 1. The van der Waals surface area contributed by atoms with Gasteiger partial charge in [-0.3, -0.25) is 9.78 Å². The second-order valence-corrected chi connectivity index (χ2v) is 9.61. The Balaban J connectivity index is 1.64. The molecule has 8 nitrogen and oxygen atoms in total. The highest BCUT2D eigenvalue weighted by atomic mass is 32.1. The molecule has 2 atom stereocenters. The van der Waals surface area contributed by atoms with Crippen LogP contribution >= 0.6 is 11.3 Å². The molecule has 9 heteroatoms. The van der Waals surface area contributed by atoms with Crippen LogP contribution in [0.5, 0.6) is 0 Å². The molecular weight excluding hydrogens is 466 g/mol. The Morgan fingerprint density at radius 3 is 2.60 bits per heavy atom. The number of ether oxygens (including phenoxy) is 2. The molecule has 2 aromatic heterocycles. The molecule has 3 aromatic rings. The molecule has 4 rings (SSSR count). The minimum atomic E-state index is -1.25. The summed E-state index contributed by atoms with van der Waals surface area (Å²) in [5.41, 5.74) is 2.48. The van der Waals surface area contributed by atoms with Crippen LogP contribution in [0.25, 0.3) is 0 Å². The maximum atomic E-state index is 13.5. The van der Waals surface area contributed by atoms with Crippen LogP contribution in [-0.2, 0) is 27.1 Å². The lowest BCUT2D eigenvalue weighted by molar-refractivity contribution is -0.125. The smallest absolute Gasteiger partial charge is 0.359 e. The van der Waals surface area contributed by atoms with Gasteiger partial charge in [0.2, 0.25) is 6.10 Å². The third-order valence-electron chi connectivity index (χ3n) is 5.78. The molecular formula is C26H27N3O5S. The third kappa shape index (κ3) is 5.57. The van der Waals surface area contributed by atoms with E-state index in [1.165, 1.54) is 23.7 Å². The van der Waals surface area contributed by atoms with Crippen LogP contribution in [0.2, 0.25) is 0 Å². The van der Waals surface area contributed by atoms with Gasteiger partial charge >= 0.3 is 11.9 Å². The molecule has 1 aliphatic rings. The number of rotatable bonds is 7. The van der Waals surface area contributed by atoms with Crippen LogP contribution in [0.4, 0.5) is 5.00 Å². The van der Waals surface area contributed by atoms with Crippen molar-refractivity contribution in [3.05, 3.63) is 75.7 Å². The summed E-state index contributed by atoms with van der Waals surface area (Å²) >= 11 is 1.38. The molecule has 0 spiro atoms. The zero-order valence-corrected chi connectivity index (χ0v) is 20.7. The molecule has 2 unspecified atom stereocenters. The maximum absolute atomic E-state index is 13.5. The Bertz CT molecular complexity index is 1220. The first-order valence-corrected chi connectivity index (χ1v) is 12.4. The van der Waals surface area contributed by atoms with Crippen molar-refractivity contribution in [2.24, 2.45) is 5.92 Å². The van der Waals surface area contributed by atoms with Crippen LogP contribution in [0.1, 0.15) is 68.9 Å². The van der Waals surface area contributed by atoms with Gasteiger partial charge in [0.15, 0.2) is 5.69 Å². The SMILES string of the molecule is CCOC(=O)c1c(NC(=O)C(OC(=O)c2cnc(C)cn2)c2ccccc2)sc2c1CCC(C)C2. The van der Waals surface area contributed by atoms with Crippen molar-refractivity contribution in [3.8, 4) is 0 Å². The lowest BCUT2D eigenvalue weighted by Crippen LogP contribution is -2.26. The predicted molar refractivity (Wildman–Crippen MR) is 131 cm³/mol. The zero-order chi connectivity index (χ0) is 24.9. The van der Waals surface area contributed by atoms with Crippen LogP contribution in [0.15, 0.2) is 42.7 Å². The third-order valence-corrected chi connectivity index (χ3v) is 6.95. The van der Waals surface area contributed by atoms with Gasteiger partial charge in [-0.1, -0.05) is 37.3 Å². The minimum absolute atomic E-state index is 0.00267.